The number of nitrogens with zero attached hydrogens (tertiary/aromatic N) is 5. The summed E-state index contributed by atoms with van der Waals surface area (Å²) in [6.45, 7) is 7.55. The molecule has 3 aliphatic rings. The Balaban J connectivity index is 1.12. The van der Waals surface area contributed by atoms with Crippen LogP contribution in [0.3, 0.4) is 0 Å². The maximum absolute atomic E-state index is 13.1. The zero-order chi connectivity index (χ0) is 30.8. The van der Waals surface area contributed by atoms with E-state index in [1.165, 1.54) is 22.7 Å². The molecule has 2 aliphatic heterocycles. The van der Waals surface area contributed by atoms with Crippen LogP contribution in [0.2, 0.25) is 5.02 Å². The molecule has 3 aromatic heterocycles. The van der Waals surface area contributed by atoms with Crippen LogP contribution in [0.5, 0.6) is 0 Å². The smallest absolute Gasteiger partial charge is 0.251 e. The van der Waals surface area contributed by atoms with Gasteiger partial charge < -0.3 is 15.5 Å². The molecule has 1 saturated heterocycles. The molecule has 1 spiro atoms. The van der Waals surface area contributed by atoms with Gasteiger partial charge in [0.2, 0.25) is 10.0 Å². The molecule has 10 nitrogen and oxygen atoms in total. The average molecular weight is 632 g/mol. The van der Waals surface area contributed by atoms with Gasteiger partial charge in [-0.25, -0.2) is 18.4 Å². The zero-order valence-electron chi connectivity index (χ0n) is 24.9. The van der Waals surface area contributed by atoms with Gasteiger partial charge in [-0.05, 0) is 86.2 Å². The lowest BCUT2D eigenvalue weighted by Crippen LogP contribution is -2.52. The number of carbonyl (C=O) groups is 1. The van der Waals surface area contributed by atoms with Gasteiger partial charge in [0, 0.05) is 53.9 Å². The van der Waals surface area contributed by atoms with E-state index in [-0.39, 0.29) is 18.0 Å². The highest BCUT2D eigenvalue weighted by Crippen LogP contribution is 2.39. The molecule has 1 aliphatic carbocycles. The molecule has 0 radical (unpaired) electrons. The number of hydrogen-bond acceptors (Lipinski definition) is 8. The Hall–Kier alpha value is -3.80. The third-order valence-electron chi connectivity index (χ3n) is 9.04. The highest BCUT2D eigenvalue weighted by atomic mass is 35.5. The Bertz CT molecular complexity index is 1940. The predicted molar refractivity (Wildman–Crippen MR) is 173 cm³/mol. The first-order valence-electron chi connectivity index (χ1n) is 14.8. The number of aromatic nitrogens is 3. The summed E-state index contributed by atoms with van der Waals surface area (Å²) < 4.78 is 25.8. The van der Waals surface area contributed by atoms with Crippen LogP contribution in [-0.2, 0) is 23.0 Å². The van der Waals surface area contributed by atoms with Gasteiger partial charge in [0.1, 0.15) is 5.82 Å². The number of sulfonamides is 1. The van der Waals surface area contributed by atoms with Gasteiger partial charge in [-0.15, -0.1) is 0 Å². The Kier molecular flexibility index (Phi) is 7.02. The molecule has 2 fully saturated rings. The Labute approximate surface area is 261 Å². The van der Waals surface area contributed by atoms with E-state index in [1.54, 1.807) is 18.3 Å². The van der Waals surface area contributed by atoms with Crippen LogP contribution in [0.15, 0.2) is 42.6 Å². The standard InChI is InChI=1S/C32H34ClN7O3S/c1-19-12-29(39-11-9-36-32(18-39)7-8-32)38-30(20(19)2)26-5-4-21-16-34-23(15-27(21)37-26)17-35-31(41)22-13-25(33)24-6-10-40(28(24)14-22)44(3,42)43/h4-5,12-16,36H,6-11,17-18H2,1-3H3,(H,35,41). The molecular weight excluding hydrogens is 598 g/mol. The molecule has 0 unspecified atom stereocenters. The van der Waals surface area contributed by atoms with Gasteiger partial charge in [0.05, 0.1) is 41.1 Å². The van der Waals surface area contributed by atoms with Crippen molar-refractivity contribution in [2.75, 3.05) is 41.6 Å². The van der Waals surface area contributed by atoms with E-state index in [0.717, 1.165) is 65.1 Å². The van der Waals surface area contributed by atoms with Crippen molar-refractivity contribution in [3.8, 4) is 11.4 Å². The van der Waals surface area contributed by atoms with Gasteiger partial charge in [0.15, 0.2) is 0 Å². The number of piperazine rings is 1. The van der Waals surface area contributed by atoms with Gasteiger partial charge >= 0.3 is 0 Å². The second kappa shape index (κ2) is 10.7. The lowest BCUT2D eigenvalue weighted by Gasteiger charge is -2.35. The van der Waals surface area contributed by atoms with E-state index >= 15 is 0 Å². The van der Waals surface area contributed by atoms with E-state index in [0.29, 0.717) is 34.9 Å². The van der Waals surface area contributed by atoms with Crippen molar-refractivity contribution in [1.82, 2.24) is 25.6 Å². The number of amides is 1. The van der Waals surface area contributed by atoms with Crippen LogP contribution in [0.1, 0.15) is 45.6 Å². The van der Waals surface area contributed by atoms with Crippen molar-refractivity contribution in [3.63, 3.8) is 0 Å². The first kappa shape index (κ1) is 28.9. The third-order valence-corrected chi connectivity index (χ3v) is 10.6. The van der Waals surface area contributed by atoms with Crippen molar-refractivity contribution in [2.45, 2.75) is 45.2 Å². The summed E-state index contributed by atoms with van der Waals surface area (Å²) in [5.41, 5.74) is 7.08. The molecule has 228 valence electrons. The number of halogens is 1. The summed E-state index contributed by atoms with van der Waals surface area (Å²) in [4.78, 5) is 30.1. The Morgan fingerprint density at radius 3 is 2.70 bits per heavy atom. The summed E-state index contributed by atoms with van der Waals surface area (Å²) in [6.07, 6.45) is 5.84. The molecule has 44 heavy (non-hydrogen) atoms. The van der Waals surface area contributed by atoms with Crippen molar-refractivity contribution in [1.29, 1.82) is 0 Å². The minimum Gasteiger partial charge on any atom is -0.353 e. The van der Waals surface area contributed by atoms with Crippen LogP contribution in [-0.4, -0.2) is 67.3 Å². The predicted octanol–water partition coefficient (Wildman–Crippen LogP) is 4.16. The molecule has 1 saturated carbocycles. The number of pyridine rings is 3. The second-order valence-electron chi connectivity index (χ2n) is 12.2. The fourth-order valence-electron chi connectivity index (χ4n) is 6.23. The molecular formula is C32H34ClN7O3S. The second-order valence-corrected chi connectivity index (χ2v) is 14.5. The van der Waals surface area contributed by atoms with Gasteiger partial charge in [-0.1, -0.05) is 11.6 Å². The van der Waals surface area contributed by atoms with Crippen LogP contribution < -0.4 is 19.8 Å². The topological polar surface area (TPSA) is 120 Å². The first-order valence-corrected chi connectivity index (χ1v) is 17.0. The lowest BCUT2D eigenvalue weighted by molar-refractivity contribution is 0.0950. The molecule has 0 bridgehead atoms. The summed E-state index contributed by atoms with van der Waals surface area (Å²) in [5.74, 6) is 0.619. The molecule has 1 aromatic carbocycles. The number of benzene rings is 1. The quantitative estimate of drug-likeness (QED) is 0.326. The van der Waals surface area contributed by atoms with Crippen LogP contribution in [0, 0.1) is 13.8 Å². The number of fused-ring (bicyclic) bond motifs is 2. The number of anilines is 2. The van der Waals surface area contributed by atoms with E-state index in [9.17, 15) is 13.2 Å². The number of rotatable bonds is 6. The highest BCUT2D eigenvalue weighted by molar-refractivity contribution is 7.92. The van der Waals surface area contributed by atoms with Crippen LogP contribution in [0.4, 0.5) is 11.5 Å². The summed E-state index contributed by atoms with van der Waals surface area (Å²) >= 11 is 6.44. The third kappa shape index (κ3) is 5.37. The molecule has 2 N–H and O–H groups in total. The zero-order valence-corrected chi connectivity index (χ0v) is 26.5. The molecule has 4 aromatic rings. The van der Waals surface area contributed by atoms with Crippen LogP contribution >= 0.6 is 11.6 Å². The first-order chi connectivity index (χ1) is 21.0. The van der Waals surface area contributed by atoms with Crippen molar-refractivity contribution < 1.29 is 13.2 Å². The lowest BCUT2D eigenvalue weighted by atomic mass is 10.0. The minimum atomic E-state index is -3.47. The minimum absolute atomic E-state index is 0.168. The van der Waals surface area contributed by atoms with Crippen molar-refractivity contribution in [3.05, 3.63) is 75.6 Å². The summed E-state index contributed by atoms with van der Waals surface area (Å²) in [6, 6.07) is 11.2. The highest BCUT2D eigenvalue weighted by Gasteiger charge is 2.45. The van der Waals surface area contributed by atoms with E-state index in [4.69, 9.17) is 21.6 Å². The maximum atomic E-state index is 13.1. The number of hydrogen-bond donors (Lipinski definition) is 2. The van der Waals surface area contributed by atoms with E-state index in [1.807, 2.05) is 18.2 Å². The molecule has 7 rings (SSSR count). The molecule has 0 atom stereocenters. The largest absolute Gasteiger partial charge is 0.353 e. The van der Waals surface area contributed by atoms with Crippen LogP contribution in [0.25, 0.3) is 22.3 Å². The van der Waals surface area contributed by atoms with Gasteiger partial charge in [-0.2, -0.15) is 0 Å². The number of carbonyl (C=O) groups excluding carboxylic acids is 1. The fraction of sp³-hybridized carbons (Fsp3) is 0.375. The molecule has 5 heterocycles. The van der Waals surface area contributed by atoms with E-state index < -0.39 is 10.0 Å². The van der Waals surface area contributed by atoms with Gasteiger partial charge in [0.25, 0.3) is 5.91 Å². The number of nitrogens with one attached hydrogen (secondary N) is 2. The monoisotopic (exact) mass is 631 g/mol. The fourth-order valence-corrected chi connectivity index (χ4v) is 7.48. The number of aryl methyl sites for hydroxylation is 1. The van der Waals surface area contributed by atoms with Crippen molar-refractivity contribution >= 4 is 49.9 Å². The normalized spacial score (nSPS) is 17.3. The molecule has 12 heteroatoms. The van der Waals surface area contributed by atoms with Crippen molar-refractivity contribution in [2.24, 2.45) is 0 Å². The average Bonchev–Trinajstić information content (AvgIpc) is 3.57. The van der Waals surface area contributed by atoms with E-state index in [2.05, 4.69) is 40.4 Å². The van der Waals surface area contributed by atoms with Gasteiger partial charge in [-0.3, -0.25) is 14.1 Å². The maximum Gasteiger partial charge on any atom is 0.251 e. The Morgan fingerprint density at radius 1 is 1.11 bits per heavy atom. The SMILES string of the molecule is Cc1cc(N2CCNC3(CC3)C2)nc(-c2ccc3cnc(CNC(=O)c4cc(Cl)c5c(c4)N(S(C)(=O)=O)CC5)cc3n2)c1C. The summed E-state index contributed by atoms with van der Waals surface area (Å²) in [5, 5.41) is 7.83. The Morgan fingerprint density at radius 2 is 1.93 bits per heavy atom. The summed E-state index contributed by atoms with van der Waals surface area (Å²) in [7, 11) is -3.47. The molecule has 1 amide bonds.